The lowest BCUT2D eigenvalue weighted by atomic mass is 10.2. The normalized spacial score (nSPS) is 19.0. The molecule has 22 heavy (non-hydrogen) atoms. The van der Waals surface area contributed by atoms with Crippen LogP contribution in [0.15, 0.2) is 5.16 Å². The number of aromatic nitrogens is 2. The molecule has 0 radical (unpaired) electrons. The highest BCUT2D eigenvalue weighted by molar-refractivity contribution is 7.99. The maximum Gasteiger partial charge on any atom is 0.190 e. The van der Waals surface area contributed by atoms with Crippen molar-refractivity contribution in [3.8, 4) is 0 Å². The zero-order chi connectivity index (χ0) is 14.9. The fourth-order valence-corrected chi connectivity index (χ4v) is 5.64. The summed E-state index contributed by atoms with van der Waals surface area (Å²) in [5.74, 6) is 0.993. The van der Waals surface area contributed by atoms with Gasteiger partial charge in [-0.05, 0) is 24.8 Å². The number of hydrogen-bond acceptors (Lipinski definition) is 6. The summed E-state index contributed by atoms with van der Waals surface area (Å²) in [6.07, 6.45) is 3.54. The second kappa shape index (κ2) is 6.61. The molecule has 2 aliphatic rings. The fourth-order valence-electron chi connectivity index (χ4n) is 3.09. The summed E-state index contributed by atoms with van der Waals surface area (Å²) >= 11 is 9.93. The number of fused-ring (bicyclic) bond motifs is 3. The van der Waals surface area contributed by atoms with Crippen LogP contribution in [0.1, 0.15) is 16.9 Å². The molecule has 2 aromatic heterocycles. The fraction of sp³-hybridized carbons (Fsp3) is 0.600. The van der Waals surface area contributed by atoms with Crippen LogP contribution in [0, 0.1) is 0 Å². The van der Waals surface area contributed by atoms with Crippen molar-refractivity contribution in [3.63, 3.8) is 0 Å². The zero-order valence-corrected chi connectivity index (χ0v) is 14.7. The van der Waals surface area contributed by atoms with Crippen LogP contribution in [0.5, 0.6) is 0 Å². The SMILES string of the molecule is Clc1nc(SCCN2CCOCC2)nc2sc3c(c12)CCC3. The number of rotatable bonds is 4. The molecule has 0 bridgehead atoms. The molecule has 0 saturated carbocycles. The number of thiophene rings is 1. The van der Waals surface area contributed by atoms with Gasteiger partial charge in [-0.2, -0.15) is 0 Å². The number of morpholine rings is 1. The van der Waals surface area contributed by atoms with Crippen molar-refractivity contribution in [3.05, 3.63) is 15.6 Å². The second-order valence-corrected chi connectivity index (χ2v) is 8.14. The van der Waals surface area contributed by atoms with Crippen molar-refractivity contribution in [2.75, 3.05) is 38.6 Å². The molecule has 118 valence electrons. The van der Waals surface area contributed by atoms with E-state index in [0.29, 0.717) is 5.15 Å². The molecule has 3 heterocycles. The molecule has 0 aromatic carbocycles. The molecule has 0 atom stereocenters. The predicted octanol–water partition coefficient (Wildman–Crippen LogP) is 3.26. The van der Waals surface area contributed by atoms with Crippen molar-refractivity contribution in [2.24, 2.45) is 0 Å². The van der Waals surface area contributed by atoms with Gasteiger partial charge >= 0.3 is 0 Å². The van der Waals surface area contributed by atoms with Crippen LogP contribution in [0.2, 0.25) is 5.15 Å². The Bertz CT molecular complexity index is 685. The number of halogens is 1. The highest BCUT2D eigenvalue weighted by Gasteiger charge is 2.21. The quantitative estimate of drug-likeness (QED) is 0.478. The van der Waals surface area contributed by atoms with Crippen LogP contribution in [-0.2, 0) is 17.6 Å². The maximum atomic E-state index is 6.43. The molecule has 0 unspecified atom stereocenters. The lowest BCUT2D eigenvalue weighted by Crippen LogP contribution is -2.37. The average molecular weight is 356 g/mol. The number of thioether (sulfide) groups is 1. The molecule has 0 spiro atoms. The summed E-state index contributed by atoms with van der Waals surface area (Å²) in [6.45, 7) is 4.80. The van der Waals surface area contributed by atoms with Crippen molar-refractivity contribution in [1.82, 2.24) is 14.9 Å². The minimum Gasteiger partial charge on any atom is -0.379 e. The van der Waals surface area contributed by atoms with Gasteiger partial charge in [0.1, 0.15) is 9.98 Å². The molecule has 1 saturated heterocycles. The summed E-state index contributed by atoms with van der Waals surface area (Å²) in [4.78, 5) is 14.2. The molecular weight excluding hydrogens is 338 g/mol. The number of ether oxygens (including phenoxy) is 1. The molecular formula is C15H18ClN3OS2. The summed E-state index contributed by atoms with van der Waals surface area (Å²) in [5.41, 5.74) is 1.40. The van der Waals surface area contributed by atoms with Gasteiger partial charge in [0.15, 0.2) is 5.16 Å². The van der Waals surface area contributed by atoms with Crippen molar-refractivity contribution in [2.45, 2.75) is 24.4 Å². The molecule has 1 fully saturated rings. The lowest BCUT2D eigenvalue weighted by molar-refractivity contribution is 0.0410. The van der Waals surface area contributed by atoms with E-state index in [1.165, 1.54) is 23.3 Å². The van der Waals surface area contributed by atoms with Gasteiger partial charge in [0, 0.05) is 30.3 Å². The van der Waals surface area contributed by atoms with Gasteiger partial charge in [0.2, 0.25) is 0 Å². The van der Waals surface area contributed by atoms with Crippen molar-refractivity contribution >= 4 is 44.9 Å². The van der Waals surface area contributed by atoms with E-state index >= 15 is 0 Å². The average Bonchev–Trinajstić information content (AvgIpc) is 3.08. The Kier molecular flexibility index (Phi) is 4.55. The highest BCUT2D eigenvalue weighted by atomic mass is 35.5. The van der Waals surface area contributed by atoms with Crippen LogP contribution in [0.3, 0.4) is 0 Å². The minimum atomic E-state index is 0.637. The molecule has 2 aromatic rings. The van der Waals surface area contributed by atoms with Crippen LogP contribution >= 0.6 is 34.7 Å². The predicted molar refractivity (Wildman–Crippen MR) is 92.4 cm³/mol. The van der Waals surface area contributed by atoms with E-state index in [1.54, 1.807) is 23.1 Å². The third kappa shape index (κ3) is 2.99. The van der Waals surface area contributed by atoms with E-state index in [-0.39, 0.29) is 0 Å². The zero-order valence-electron chi connectivity index (χ0n) is 12.3. The second-order valence-electron chi connectivity index (χ2n) is 5.64. The van der Waals surface area contributed by atoms with E-state index in [9.17, 15) is 0 Å². The summed E-state index contributed by atoms with van der Waals surface area (Å²) in [6, 6.07) is 0. The molecule has 1 aliphatic heterocycles. The standard InChI is InChI=1S/C15H18ClN3OS2/c16-13-12-10-2-1-3-11(10)22-14(12)18-15(17-13)21-9-6-19-4-7-20-8-5-19/h1-9H2. The van der Waals surface area contributed by atoms with Crippen LogP contribution < -0.4 is 0 Å². The van der Waals surface area contributed by atoms with Crippen molar-refractivity contribution < 1.29 is 4.74 Å². The van der Waals surface area contributed by atoms with Gasteiger partial charge in [0.05, 0.1) is 18.6 Å². The first-order valence-electron chi connectivity index (χ1n) is 7.72. The monoisotopic (exact) mass is 355 g/mol. The van der Waals surface area contributed by atoms with Gasteiger partial charge in [-0.1, -0.05) is 23.4 Å². The Morgan fingerprint density at radius 1 is 1.23 bits per heavy atom. The highest BCUT2D eigenvalue weighted by Crippen LogP contribution is 2.39. The Hall–Kier alpha value is -0.400. The van der Waals surface area contributed by atoms with E-state index in [1.807, 2.05) is 0 Å². The number of hydrogen-bond donors (Lipinski definition) is 0. The first-order chi connectivity index (χ1) is 10.8. The smallest absolute Gasteiger partial charge is 0.190 e. The van der Waals surface area contributed by atoms with E-state index in [0.717, 1.165) is 60.4 Å². The van der Waals surface area contributed by atoms with Crippen LogP contribution in [-0.4, -0.2) is 53.5 Å². The molecule has 4 nitrogen and oxygen atoms in total. The Morgan fingerprint density at radius 2 is 2.09 bits per heavy atom. The van der Waals surface area contributed by atoms with E-state index < -0.39 is 0 Å². The molecule has 0 amide bonds. The summed E-state index contributed by atoms with van der Waals surface area (Å²) in [7, 11) is 0. The van der Waals surface area contributed by atoms with Gasteiger partial charge in [0.25, 0.3) is 0 Å². The first-order valence-corrected chi connectivity index (χ1v) is 9.90. The molecule has 4 rings (SSSR count). The van der Waals surface area contributed by atoms with Crippen LogP contribution in [0.4, 0.5) is 0 Å². The van der Waals surface area contributed by atoms with Gasteiger partial charge < -0.3 is 4.74 Å². The molecule has 7 heteroatoms. The minimum absolute atomic E-state index is 0.637. The summed E-state index contributed by atoms with van der Waals surface area (Å²) < 4.78 is 5.37. The molecule has 0 N–H and O–H groups in total. The lowest BCUT2D eigenvalue weighted by Gasteiger charge is -2.26. The largest absolute Gasteiger partial charge is 0.379 e. The Labute approximate surface area is 143 Å². The third-order valence-electron chi connectivity index (χ3n) is 4.24. The first kappa shape index (κ1) is 15.1. The van der Waals surface area contributed by atoms with E-state index in [4.69, 9.17) is 21.3 Å². The number of nitrogens with zero attached hydrogens (tertiary/aromatic N) is 3. The van der Waals surface area contributed by atoms with Gasteiger partial charge in [-0.25, -0.2) is 9.97 Å². The van der Waals surface area contributed by atoms with Crippen molar-refractivity contribution in [1.29, 1.82) is 0 Å². The maximum absolute atomic E-state index is 6.43. The van der Waals surface area contributed by atoms with Gasteiger partial charge in [-0.15, -0.1) is 11.3 Å². The number of aryl methyl sites for hydroxylation is 2. The van der Waals surface area contributed by atoms with Crippen LogP contribution in [0.25, 0.3) is 10.2 Å². The third-order valence-corrected chi connectivity index (χ3v) is 6.53. The van der Waals surface area contributed by atoms with Gasteiger partial charge in [-0.3, -0.25) is 4.90 Å². The molecule has 1 aliphatic carbocycles. The Morgan fingerprint density at radius 3 is 2.95 bits per heavy atom. The van der Waals surface area contributed by atoms with E-state index in [2.05, 4.69) is 9.88 Å². The summed E-state index contributed by atoms with van der Waals surface area (Å²) in [5, 5.41) is 2.56. The topological polar surface area (TPSA) is 38.2 Å². The Balaban J connectivity index is 1.46.